The summed E-state index contributed by atoms with van der Waals surface area (Å²) in [6.07, 6.45) is 7.20. The highest BCUT2D eigenvalue weighted by Gasteiger charge is 2.23. The molecule has 0 radical (unpaired) electrons. The topological polar surface area (TPSA) is 74.0 Å². The molecule has 1 saturated carbocycles. The Hall–Kier alpha value is -2.79. The minimum Gasteiger partial charge on any atom is -0.361 e. The summed E-state index contributed by atoms with van der Waals surface area (Å²) in [5.74, 6) is -0.262. The first-order valence-corrected chi connectivity index (χ1v) is 11.4. The lowest BCUT2D eigenvalue weighted by Gasteiger charge is -2.21. The van der Waals surface area contributed by atoms with Crippen molar-refractivity contribution < 1.29 is 9.59 Å². The molecule has 1 aromatic heterocycles. The third-order valence-corrected chi connectivity index (χ3v) is 6.52. The summed E-state index contributed by atoms with van der Waals surface area (Å²) in [6.45, 7) is 0.391. The molecule has 0 bridgehead atoms. The standard InChI is InChI=1S/C25H28ClN3O2/c26-22-12-6-4-10-18(22)20(21-14-27-23-13-7-5-11-19(21)23)15-28-24(30)16-29-25(31)17-8-2-1-3-9-17/h4-7,10-14,17,20,27H,1-3,8-9,15-16H2,(H,28,30)(H,29,31). The van der Waals surface area contributed by atoms with Crippen molar-refractivity contribution in [2.45, 2.75) is 38.0 Å². The molecule has 2 amide bonds. The zero-order chi connectivity index (χ0) is 21.6. The predicted molar refractivity (Wildman–Crippen MR) is 124 cm³/mol. The second-order valence-electron chi connectivity index (χ2n) is 8.22. The molecule has 1 atom stereocenters. The number of benzene rings is 2. The van der Waals surface area contributed by atoms with E-state index in [9.17, 15) is 9.59 Å². The number of fused-ring (bicyclic) bond motifs is 1. The number of aromatic amines is 1. The Balaban J connectivity index is 1.45. The van der Waals surface area contributed by atoms with Crippen molar-refractivity contribution in [2.75, 3.05) is 13.1 Å². The molecule has 4 rings (SSSR count). The first-order valence-electron chi connectivity index (χ1n) is 11.0. The van der Waals surface area contributed by atoms with E-state index >= 15 is 0 Å². The van der Waals surface area contributed by atoms with Gasteiger partial charge in [0.1, 0.15) is 0 Å². The van der Waals surface area contributed by atoms with Gasteiger partial charge in [0.25, 0.3) is 0 Å². The summed E-state index contributed by atoms with van der Waals surface area (Å²) >= 11 is 6.51. The summed E-state index contributed by atoms with van der Waals surface area (Å²) in [7, 11) is 0. The van der Waals surface area contributed by atoms with Crippen molar-refractivity contribution in [1.82, 2.24) is 15.6 Å². The average molecular weight is 438 g/mol. The van der Waals surface area contributed by atoms with Crippen LogP contribution in [0.15, 0.2) is 54.7 Å². The van der Waals surface area contributed by atoms with Gasteiger partial charge in [-0.2, -0.15) is 0 Å². The number of nitrogens with one attached hydrogen (secondary N) is 3. The molecule has 1 unspecified atom stereocenters. The molecule has 31 heavy (non-hydrogen) atoms. The fraction of sp³-hybridized carbons (Fsp3) is 0.360. The molecule has 3 aromatic rings. The number of H-pyrrole nitrogens is 1. The van der Waals surface area contributed by atoms with Gasteiger partial charge in [-0.1, -0.05) is 67.3 Å². The fourth-order valence-electron chi connectivity index (χ4n) is 4.48. The third-order valence-electron chi connectivity index (χ3n) is 6.18. The van der Waals surface area contributed by atoms with E-state index in [2.05, 4.69) is 21.7 Å². The van der Waals surface area contributed by atoms with Crippen LogP contribution < -0.4 is 10.6 Å². The maximum atomic E-state index is 12.5. The second-order valence-corrected chi connectivity index (χ2v) is 8.63. The van der Waals surface area contributed by atoms with Crippen LogP contribution in [0.4, 0.5) is 0 Å². The van der Waals surface area contributed by atoms with Gasteiger partial charge < -0.3 is 15.6 Å². The SMILES string of the molecule is O=C(CNC(=O)C1CCCCC1)NCC(c1ccccc1Cl)c1c[nH]c2ccccc12. The zero-order valence-electron chi connectivity index (χ0n) is 17.5. The van der Waals surface area contributed by atoms with Crippen molar-refractivity contribution in [3.8, 4) is 0 Å². The number of carbonyl (C=O) groups excluding carboxylic acids is 2. The summed E-state index contributed by atoms with van der Waals surface area (Å²) in [5, 5.41) is 7.57. The van der Waals surface area contributed by atoms with Crippen LogP contribution in [0.3, 0.4) is 0 Å². The molecule has 162 valence electrons. The zero-order valence-corrected chi connectivity index (χ0v) is 18.3. The summed E-state index contributed by atoms with van der Waals surface area (Å²) in [6, 6.07) is 15.8. The van der Waals surface area contributed by atoms with E-state index in [1.54, 1.807) is 0 Å². The minimum atomic E-state index is -0.193. The van der Waals surface area contributed by atoms with Crippen LogP contribution in [0.5, 0.6) is 0 Å². The second kappa shape index (κ2) is 10.0. The van der Waals surface area contributed by atoms with E-state index in [0.29, 0.717) is 11.6 Å². The van der Waals surface area contributed by atoms with Gasteiger partial charge in [-0.25, -0.2) is 0 Å². The highest BCUT2D eigenvalue weighted by molar-refractivity contribution is 6.31. The van der Waals surface area contributed by atoms with E-state index < -0.39 is 0 Å². The van der Waals surface area contributed by atoms with Gasteiger partial charge in [0.2, 0.25) is 11.8 Å². The highest BCUT2D eigenvalue weighted by atomic mass is 35.5. The molecule has 2 aromatic carbocycles. The van der Waals surface area contributed by atoms with Gasteiger partial charge in [0.15, 0.2) is 0 Å². The third kappa shape index (κ3) is 5.10. The Labute approximate surface area is 187 Å². The quantitative estimate of drug-likeness (QED) is 0.498. The maximum Gasteiger partial charge on any atom is 0.239 e. The average Bonchev–Trinajstić information content (AvgIpc) is 3.23. The molecule has 1 fully saturated rings. The Morgan fingerprint density at radius 3 is 2.52 bits per heavy atom. The van der Waals surface area contributed by atoms with E-state index in [-0.39, 0.29) is 30.2 Å². The molecular formula is C25H28ClN3O2. The summed E-state index contributed by atoms with van der Waals surface area (Å²) < 4.78 is 0. The van der Waals surface area contributed by atoms with Crippen molar-refractivity contribution >= 4 is 34.3 Å². The van der Waals surface area contributed by atoms with E-state index in [1.165, 1.54) is 6.42 Å². The van der Waals surface area contributed by atoms with E-state index in [0.717, 1.165) is 47.7 Å². The van der Waals surface area contributed by atoms with Crippen LogP contribution in [0.2, 0.25) is 5.02 Å². The molecular weight excluding hydrogens is 410 g/mol. The fourth-order valence-corrected chi connectivity index (χ4v) is 4.75. The van der Waals surface area contributed by atoms with Gasteiger partial charge in [0, 0.05) is 40.5 Å². The lowest BCUT2D eigenvalue weighted by Crippen LogP contribution is -2.41. The number of aromatic nitrogens is 1. The Bertz CT molecular complexity index is 1060. The molecule has 1 heterocycles. The van der Waals surface area contributed by atoms with Crippen LogP contribution in [-0.4, -0.2) is 29.9 Å². The van der Waals surface area contributed by atoms with Gasteiger partial charge in [-0.3, -0.25) is 9.59 Å². The molecule has 1 aliphatic carbocycles. The summed E-state index contributed by atoms with van der Waals surface area (Å²) in [5.41, 5.74) is 3.08. The Morgan fingerprint density at radius 1 is 0.968 bits per heavy atom. The van der Waals surface area contributed by atoms with Crippen molar-refractivity contribution in [2.24, 2.45) is 5.92 Å². The maximum absolute atomic E-state index is 12.5. The number of carbonyl (C=O) groups is 2. The Morgan fingerprint density at radius 2 is 1.71 bits per heavy atom. The first kappa shape index (κ1) is 21.4. The molecule has 0 saturated heterocycles. The number of halogens is 1. The molecule has 6 heteroatoms. The van der Waals surface area contributed by atoms with Crippen LogP contribution in [0, 0.1) is 5.92 Å². The van der Waals surface area contributed by atoms with E-state index in [1.807, 2.05) is 48.7 Å². The van der Waals surface area contributed by atoms with Crippen molar-refractivity contribution in [3.63, 3.8) is 0 Å². The van der Waals surface area contributed by atoms with Crippen LogP contribution in [-0.2, 0) is 9.59 Å². The van der Waals surface area contributed by atoms with Gasteiger partial charge >= 0.3 is 0 Å². The lowest BCUT2D eigenvalue weighted by atomic mass is 9.89. The normalized spacial score (nSPS) is 15.5. The monoisotopic (exact) mass is 437 g/mol. The molecule has 0 spiro atoms. The van der Waals surface area contributed by atoms with Crippen molar-refractivity contribution in [1.29, 1.82) is 0 Å². The molecule has 0 aliphatic heterocycles. The van der Waals surface area contributed by atoms with Crippen LogP contribution >= 0.6 is 11.6 Å². The smallest absolute Gasteiger partial charge is 0.239 e. The largest absolute Gasteiger partial charge is 0.361 e. The number of hydrogen-bond acceptors (Lipinski definition) is 2. The minimum absolute atomic E-state index is 0.00153. The van der Waals surface area contributed by atoms with Crippen molar-refractivity contribution in [3.05, 3.63) is 70.9 Å². The lowest BCUT2D eigenvalue weighted by molar-refractivity contribution is -0.129. The number of amides is 2. The van der Waals surface area contributed by atoms with Gasteiger partial charge in [0.05, 0.1) is 6.54 Å². The van der Waals surface area contributed by atoms with Crippen LogP contribution in [0.1, 0.15) is 49.1 Å². The Kier molecular flexibility index (Phi) is 6.92. The highest BCUT2D eigenvalue weighted by Crippen LogP contribution is 2.34. The summed E-state index contributed by atoms with van der Waals surface area (Å²) in [4.78, 5) is 28.2. The number of para-hydroxylation sites is 1. The number of rotatable bonds is 7. The molecule has 1 aliphatic rings. The van der Waals surface area contributed by atoms with Gasteiger partial charge in [-0.05, 0) is 36.1 Å². The molecule has 3 N–H and O–H groups in total. The number of hydrogen-bond donors (Lipinski definition) is 3. The van der Waals surface area contributed by atoms with E-state index in [4.69, 9.17) is 11.6 Å². The van der Waals surface area contributed by atoms with Gasteiger partial charge in [-0.15, -0.1) is 0 Å². The van der Waals surface area contributed by atoms with Crippen LogP contribution in [0.25, 0.3) is 10.9 Å². The predicted octanol–water partition coefficient (Wildman–Crippen LogP) is 4.77. The molecule has 5 nitrogen and oxygen atoms in total. The first-order chi connectivity index (χ1) is 15.1.